The molecule has 1 fully saturated rings. The summed E-state index contributed by atoms with van der Waals surface area (Å²) < 4.78 is 33.6. The van der Waals surface area contributed by atoms with E-state index in [-0.39, 0.29) is 4.90 Å². The fourth-order valence-electron chi connectivity index (χ4n) is 3.85. The molecule has 1 unspecified atom stereocenters. The molecule has 0 bridgehead atoms. The Hall–Kier alpha value is -3.22. The number of rotatable bonds is 6. The van der Waals surface area contributed by atoms with Crippen LogP contribution >= 0.6 is 0 Å². The smallest absolute Gasteiger partial charge is 0.335 e. The van der Waals surface area contributed by atoms with Crippen LogP contribution in [0, 0.1) is 13.8 Å². The summed E-state index contributed by atoms with van der Waals surface area (Å²) in [6.45, 7) is 3.88. The third kappa shape index (κ3) is 4.24. The molecule has 1 aliphatic rings. The van der Waals surface area contributed by atoms with Crippen LogP contribution in [0.25, 0.3) is 6.08 Å². The van der Waals surface area contributed by atoms with E-state index in [1.54, 1.807) is 30.3 Å². The molecule has 6 heteroatoms. The first-order valence-electron chi connectivity index (χ1n) is 10.3. The van der Waals surface area contributed by atoms with Crippen molar-refractivity contribution in [3.63, 3.8) is 0 Å². The average molecular weight is 448 g/mol. The Labute approximate surface area is 189 Å². The second-order valence-corrected chi connectivity index (χ2v) is 9.79. The van der Waals surface area contributed by atoms with Crippen molar-refractivity contribution in [2.24, 2.45) is 0 Å². The van der Waals surface area contributed by atoms with Gasteiger partial charge in [-0.1, -0.05) is 77.9 Å². The first kappa shape index (κ1) is 22.0. The number of methoxy groups -OCH3 is 1. The van der Waals surface area contributed by atoms with Gasteiger partial charge in [0.1, 0.15) is 0 Å². The minimum Gasteiger partial charge on any atom is -0.466 e. The molecule has 4 rings (SSSR count). The normalized spacial score (nSPS) is 20.6. The summed E-state index contributed by atoms with van der Waals surface area (Å²) in [5.74, 6) is -0.544. The second kappa shape index (κ2) is 8.73. The van der Waals surface area contributed by atoms with Crippen LogP contribution in [0.15, 0.2) is 89.3 Å². The van der Waals surface area contributed by atoms with Crippen LogP contribution in [0.3, 0.4) is 0 Å². The minimum absolute atomic E-state index is 0.201. The van der Waals surface area contributed by atoms with Crippen molar-refractivity contribution in [3.05, 3.63) is 107 Å². The fraction of sp³-hybridized carbons (Fsp3) is 0.192. The van der Waals surface area contributed by atoms with Gasteiger partial charge in [0.15, 0.2) is 0 Å². The summed E-state index contributed by atoms with van der Waals surface area (Å²) >= 11 is 0. The Kier molecular flexibility index (Phi) is 6.00. The van der Waals surface area contributed by atoms with E-state index >= 15 is 0 Å². The molecule has 0 aromatic heterocycles. The summed E-state index contributed by atoms with van der Waals surface area (Å²) in [6, 6.07) is 22.7. The van der Waals surface area contributed by atoms with Crippen molar-refractivity contribution in [1.82, 2.24) is 4.31 Å². The van der Waals surface area contributed by atoms with Gasteiger partial charge in [-0.25, -0.2) is 13.2 Å². The molecule has 5 nitrogen and oxygen atoms in total. The lowest BCUT2D eigenvalue weighted by molar-refractivity contribution is -0.136. The first-order valence-corrected chi connectivity index (χ1v) is 11.8. The van der Waals surface area contributed by atoms with E-state index in [0.29, 0.717) is 5.57 Å². The lowest BCUT2D eigenvalue weighted by Crippen LogP contribution is -2.19. The Morgan fingerprint density at radius 2 is 1.44 bits per heavy atom. The highest BCUT2D eigenvalue weighted by Crippen LogP contribution is 2.51. The Morgan fingerprint density at radius 3 is 2.00 bits per heavy atom. The van der Waals surface area contributed by atoms with Crippen LogP contribution < -0.4 is 0 Å². The van der Waals surface area contributed by atoms with Crippen molar-refractivity contribution in [2.45, 2.75) is 30.8 Å². The maximum Gasteiger partial charge on any atom is 0.335 e. The van der Waals surface area contributed by atoms with E-state index in [1.807, 2.05) is 68.4 Å². The van der Waals surface area contributed by atoms with Gasteiger partial charge in [0.2, 0.25) is 10.0 Å². The van der Waals surface area contributed by atoms with Crippen molar-refractivity contribution in [3.8, 4) is 0 Å². The van der Waals surface area contributed by atoms with Crippen molar-refractivity contribution in [1.29, 1.82) is 0 Å². The number of benzene rings is 3. The van der Waals surface area contributed by atoms with Crippen LogP contribution in [-0.4, -0.2) is 31.8 Å². The predicted octanol–water partition coefficient (Wildman–Crippen LogP) is 4.67. The second-order valence-electron chi connectivity index (χ2n) is 7.95. The van der Waals surface area contributed by atoms with Crippen molar-refractivity contribution in [2.75, 3.05) is 7.11 Å². The molecule has 32 heavy (non-hydrogen) atoms. The van der Waals surface area contributed by atoms with Gasteiger partial charge in [0, 0.05) is 0 Å². The van der Waals surface area contributed by atoms with Gasteiger partial charge < -0.3 is 4.74 Å². The van der Waals surface area contributed by atoms with Gasteiger partial charge in [-0.15, -0.1) is 0 Å². The Bertz CT molecular complexity index is 1250. The summed E-state index contributed by atoms with van der Waals surface area (Å²) in [5, 5.41) is 0. The molecule has 164 valence electrons. The number of aryl methyl sites for hydroxylation is 2. The highest BCUT2D eigenvalue weighted by molar-refractivity contribution is 7.89. The monoisotopic (exact) mass is 447 g/mol. The summed E-state index contributed by atoms with van der Waals surface area (Å²) in [7, 11) is -2.52. The van der Waals surface area contributed by atoms with E-state index in [2.05, 4.69) is 0 Å². The molecule has 0 saturated carbocycles. The molecule has 1 heterocycles. The maximum absolute atomic E-state index is 13.6. The van der Waals surface area contributed by atoms with Gasteiger partial charge in [-0.05, 0) is 43.2 Å². The van der Waals surface area contributed by atoms with Crippen LogP contribution in [-0.2, 0) is 19.6 Å². The zero-order chi connectivity index (χ0) is 22.9. The molecule has 1 saturated heterocycles. The van der Waals surface area contributed by atoms with Gasteiger partial charge in [0.25, 0.3) is 0 Å². The fourth-order valence-corrected chi connectivity index (χ4v) is 5.59. The molecule has 0 spiro atoms. The van der Waals surface area contributed by atoms with E-state index in [0.717, 1.165) is 22.3 Å². The molecule has 3 aromatic carbocycles. The Morgan fingerprint density at radius 1 is 0.875 bits per heavy atom. The summed E-state index contributed by atoms with van der Waals surface area (Å²) in [5.41, 5.74) is 3.99. The standard InChI is InChI=1S/C26H25NO4S/c1-18-9-13-21(14-10-18)24-25(23(26(28)31-3)17-20-7-5-4-6-8-20)27(24)32(29,30)22-15-11-19(2)12-16-22/h4-17,24-25H,1-3H3/b23-17+/t24-,25+,27?/m1/s1. The predicted molar refractivity (Wildman–Crippen MR) is 124 cm³/mol. The van der Waals surface area contributed by atoms with E-state index < -0.39 is 28.1 Å². The lowest BCUT2D eigenvalue weighted by atomic mass is 10.0. The van der Waals surface area contributed by atoms with Crippen molar-refractivity contribution < 1.29 is 17.9 Å². The highest BCUT2D eigenvalue weighted by Gasteiger charge is 2.59. The van der Waals surface area contributed by atoms with E-state index in [9.17, 15) is 13.2 Å². The number of esters is 1. The van der Waals surface area contributed by atoms with Crippen LogP contribution in [0.2, 0.25) is 0 Å². The molecular formula is C26H25NO4S. The number of carbonyl (C=O) groups excluding carboxylic acids is 1. The number of nitrogens with zero attached hydrogens (tertiary/aromatic N) is 1. The SMILES string of the molecule is COC(=O)/C(=C/c1ccccc1)[C@H]1[C@@H](c2ccc(C)cc2)N1S(=O)(=O)c1ccc(C)cc1. The van der Waals surface area contributed by atoms with E-state index in [1.165, 1.54) is 11.4 Å². The third-order valence-corrected chi connectivity index (χ3v) is 7.51. The minimum atomic E-state index is -3.83. The number of hydrogen-bond donors (Lipinski definition) is 0. The number of ether oxygens (including phenoxy) is 1. The molecular weight excluding hydrogens is 422 g/mol. The zero-order valence-electron chi connectivity index (χ0n) is 18.2. The quantitative estimate of drug-likeness (QED) is 0.313. The molecule has 3 aromatic rings. The average Bonchev–Trinajstić information content (AvgIpc) is 3.55. The largest absolute Gasteiger partial charge is 0.466 e. The Balaban J connectivity index is 1.82. The maximum atomic E-state index is 13.6. The molecule has 0 radical (unpaired) electrons. The summed E-state index contributed by atoms with van der Waals surface area (Å²) in [6.07, 6.45) is 1.71. The number of sulfonamides is 1. The van der Waals surface area contributed by atoms with Gasteiger partial charge in [-0.3, -0.25) is 0 Å². The lowest BCUT2D eigenvalue weighted by Gasteiger charge is -2.09. The first-order chi connectivity index (χ1) is 15.3. The van der Waals surface area contributed by atoms with E-state index in [4.69, 9.17) is 4.74 Å². The molecule has 3 atom stereocenters. The molecule has 1 aliphatic heterocycles. The zero-order valence-corrected chi connectivity index (χ0v) is 19.0. The van der Waals surface area contributed by atoms with Crippen LogP contribution in [0.4, 0.5) is 0 Å². The molecule has 0 N–H and O–H groups in total. The molecule has 0 amide bonds. The number of carbonyl (C=O) groups is 1. The third-order valence-electron chi connectivity index (χ3n) is 5.63. The van der Waals surface area contributed by atoms with Gasteiger partial charge in [-0.2, -0.15) is 4.31 Å². The molecule has 0 aliphatic carbocycles. The number of hydrogen-bond acceptors (Lipinski definition) is 4. The van der Waals surface area contributed by atoms with Crippen molar-refractivity contribution >= 4 is 22.1 Å². The van der Waals surface area contributed by atoms with Crippen LogP contribution in [0.1, 0.15) is 28.3 Å². The highest BCUT2D eigenvalue weighted by atomic mass is 32.2. The van der Waals surface area contributed by atoms with Gasteiger partial charge in [0.05, 0.1) is 29.7 Å². The summed E-state index contributed by atoms with van der Waals surface area (Å²) in [4.78, 5) is 13.0. The topological polar surface area (TPSA) is 63.5 Å². The van der Waals surface area contributed by atoms with Gasteiger partial charge >= 0.3 is 5.97 Å². The van der Waals surface area contributed by atoms with Crippen LogP contribution in [0.5, 0.6) is 0 Å².